The summed E-state index contributed by atoms with van der Waals surface area (Å²) in [4.78, 5) is 13.0. The fraction of sp³-hybridized carbons (Fsp3) is 0.400. The highest BCUT2D eigenvalue weighted by Crippen LogP contribution is 2.27. The van der Waals surface area contributed by atoms with Crippen molar-refractivity contribution >= 4 is 5.82 Å². The molecule has 0 saturated carbocycles. The average molecular weight is 272 g/mol. The molecule has 0 amide bonds. The summed E-state index contributed by atoms with van der Waals surface area (Å²) in [6.45, 7) is 7.57. The Hall–Kier alpha value is -2.17. The Bertz CT molecular complexity index is 572. The van der Waals surface area contributed by atoms with Crippen molar-refractivity contribution in [2.45, 2.75) is 27.2 Å². The summed E-state index contributed by atoms with van der Waals surface area (Å²) in [5.41, 5.74) is 2.96. The van der Waals surface area contributed by atoms with Gasteiger partial charge in [-0.05, 0) is 26.3 Å². The molecule has 0 aliphatic carbocycles. The quantitative estimate of drug-likeness (QED) is 0.876. The van der Waals surface area contributed by atoms with Gasteiger partial charge in [-0.25, -0.2) is 9.97 Å². The lowest BCUT2D eigenvalue weighted by atomic mass is 10.1. The summed E-state index contributed by atoms with van der Waals surface area (Å²) in [6, 6.07) is 1.97. The third-order valence-electron chi connectivity index (χ3n) is 2.94. The Morgan fingerprint density at radius 3 is 2.70 bits per heavy atom. The molecule has 0 spiro atoms. The Morgan fingerprint density at radius 1 is 1.15 bits per heavy atom. The van der Waals surface area contributed by atoms with Crippen LogP contribution in [0.1, 0.15) is 26.3 Å². The summed E-state index contributed by atoms with van der Waals surface area (Å²) in [6.07, 6.45) is 5.96. The minimum absolute atomic E-state index is 0.623. The molecule has 0 unspecified atom stereocenters. The van der Waals surface area contributed by atoms with Crippen molar-refractivity contribution < 1.29 is 4.74 Å². The van der Waals surface area contributed by atoms with Gasteiger partial charge in [0.15, 0.2) is 0 Å². The van der Waals surface area contributed by atoms with Crippen molar-refractivity contribution in [3.05, 3.63) is 30.4 Å². The lowest BCUT2D eigenvalue weighted by molar-refractivity contribution is 0.339. The molecule has 0 aliphatic heterocycles. The fourth-order valence-corrected chi connectivity index (χ4v) is 2.11. The van der Waals surface area contributed by atoms with Gasteiger partial charge in [-0.1, -0.05) is 6.92 Å². The van der Waals surface area contributed by atoms with E-state index in [2.05, 4.69) is 34.1 Å². The van der Waals surface area contributed by atoms with Crippen LogP contribution in [0.3, 0.4) is 0 Å². The van der Waals surface area contributed by atoms with Gasteiger partial charge in [0.2, 0.25) is 0 Å². The predicted octanol–water partition coefficient (Wildman–Crippen LogP) is 2.93. The van der Waals surface area contributed by atoms with E-state index in [-0.39, 0.29) is 0 Å². The zero-order valence-corrected chi connectivity index (χ0v) is 12.2. The van der Waals surface area contributed by atoms with E-state index in [1.165, 1.54) is 0 Å². The lowest BCUT2D eigenvalue weighted by Gasteiger charge is -2.12. The van der Waals surface area contributed by atoms with Gasteiger partial charge in [-0.15, -0.1) is 0 Å². The number of nitrogens with zero attached hydrogens (tertiary/aromatic N) is 3. The van der Waals surface area contributed by atoms with Crippen LogP contribution in [0, 0.1) is 0 Å². The number of rotatable bonds is 6. The maximum absolute atomic E-state index is 5.50. The van der Waals surface area contributed by atoms with Crippen LogP contribution < -0.4 is 10.1 Å². The molecular weight excluding hydrogens is 252 g/mol. The fourth-order valence-electron chi connectivity index (χ4n) is 2.11. The van der Waals surface area contributed by atoms with Crippen LogP contribution in [0.5, 0.6) is 5.75 Å². The van der Waals surface area contributed by atoms with Crippen molar-refractivity contribution in [3.8, 4) is 17.0 Å². The topological polar surface area (TPSA) is 59.9 Å². The highest BCUT2D eigenvalue weighted by Gasteiger charge is 2.12. The summed E-state index contributed by atoms with van der Waals surface area (Å²) < 4.78 is 5.50. The van der Waals surface area contributed by atoms with Gasteiger partial charge in [0.05, 0.1) is 18.5 Å². The summed E-state index contributed by atoms with van der Waals surface area (Å²) >= 11 is 0. The van der Waals surface area contributed by atoms with Gasteiger partial charge >= 0.3 is 0 Å². The van der Waals surface area contributed by atoms with Crippen LogP contribution in [0.2, 0.25) is 0 Å². The van der Waals surface area contributed by atoms with Crippen LogP contribution in [0.25, 0.3) is 11.3 Å². The smallest absolute Gasteiger partial charge is 0.138 e. The number of hydrogen-bond acceptors (Lipinski definition) is 5. The maximum Gasteiger partial charge on any atom is 0.138 e. The lowest BCUT2D eigenvalue weighted by Crippen LogP contribution is -2.06. The maximum atomic E-state index is 5.50. The van der Waals surface area contributed by atoms with Crippen LogP contribution in [0.15, 0.2) is 24.8 Å². The Balaban J connectivity index is 2.46. The zero-order valence-electron chi connectivity index (χ0n) is 12.2. The number of anilines is 1. The SMILES string of the molecule is CCNc1ncnc(-c2cncc(OCC)c2)c1CC. The van der Waals surface area contributed by atoms with Crippen LogP contribution in [0.4, 0.5) is 5.82 Å². The highest BCUT2D eigenvalue weighted by molar-refractivity contribution is 5.68. The molecule has 0 bridgehead atoms. The van der Waals surface area contributed by atoms with E-state index in [9.17, 15) is 0 Å². The molecule has 0 saturated heterocycles. The van der Waals surface area contributed by atoms with Crippen molar-refractivity contribution in [2.75, 3.05) is 18.5 Å². The zero-order chi connectivity index (χ0) is 14.4. The van der Waals surface area contributed by atoms with E-state index in [0.717, 1.165) is 41.4 Å². The normalized spacial score (nSPS) is 10.3. The molecule has 0 radical (unpaired) electrons. The number of pyridine rings is 1. The Morgan fingerprint density at radius 2 is 2.00 bits per heavy atom. The van der Waals surface area contributed by atoms with E-state index in [0.29, 0.717) is 6.61 Å². The largest absolute Gasteiger partial charge is 0.492 e. The first-order valence-corrected chi connectivity index (χ1v) is 6.96. The first kappa shape index (κ1) is 14.2. The number of aromatic nitrogens is 3. The highest BCUT2D eigenvalue weighted by atomic mass is 16.5. The van der Waals surface area contributed by atoms with Crippen LogP contribution in [-0.4, -0.2) is 28.1 Å². The molecular formula is C15H20N4O. The minimum atomic E-state index is 0.623. The molecule has 5 nitrogen and oxygen atoms in total. The van der Waals surface area contributed by atoms with Crippen molar-refractivity contribution in [3.63, 3.8) is 0 Å². The van der Waals surface area contributed by atoms with E-state index in [4.69, 9.17) is 4.74 Å². The molecule has 0 atom stereocenters. The molecule has 20 heavy (non-hydrogen) atoms. The summed E-state index contributed by atoms with van der Waals surface area (Å²) in [5.74, 6) is 1.65. The van der Waals surface area contributed by atoms with Gasteiger partial charge in [0, 0.05) is 23.9 Å². The number of ether oxygens (including phenoxy) is 1. The van der Waals surface area contributed by atoms with Crippen molar-refractivity contribution in [2.24, 2.45) is 0 Å². The minimum Gasteiger partial charge on any atom is -0.492 e. The summed E-state index contributed by atoms with van der Waals surface area (Å²) in [5, 5.41) is 3.27. The Labute approximate surface area is 119 Å². The predicted molar refractivity (Wildman–Crippen MR) is 80.0 cm³/mol. The van der Waals surface area contributed by atoms with Gasteiger partial charge in [0.25, 0.3) is 0 Å². The summed E-state index contributed by atoms with van der Waals surface area (Å²) in [7, 11) is 0. The number of hydrogen-bond donors (Lipinski definition) is 1. The molecule has 2 heterocycles. The molecule has 0 aromatic carbocycles. The van der Waals surface area contributed by atoms with E-state index < -0.39 is 0 Å². The Kier molecular flexibility index (Phi) is 4.87. The number of nitrogens with one attached hydrogen (secondary N) is 1. The molecule has 2 aromatic heterocycles. The van der Waals surface area contributed by atoms with Gasteiger partial charge < -0.3 is 10.1 Å². The molecule has 2 rings (SSSR count). The second kappa shape index (κ2) is 6.84. The standard InChI is InChI=1S/C15H20N4O/c1-4-13-14(18-10-19-15(13)17-5-2)11-7-12(20-6-3)9-16-8-11/h7-10H,4-6H2,1-3H3,(H,17,18,19). The van der Waals surface area contributed by atoms with E-state index >= 15 is 0 Å². The molecule has 5 heteroatoms. The molecule has 106 valence electrons. The molecule has 1 N–H and O–H groups in total. The van der Waals surface area contributed by atoms with Crippen LogP contribution >= 0.6 is 0 Å². The molecule has 0 fully saturated rings. The van der Waals surface area contributed by atoms with Crippen molar-refractivity contribution in [1.82, 2.24) is 15.0 Å². The van der Waals surface area contributed by atoms with E-state index in [1.807, 2.05) is 13.0 Å². The molecule has 0 aliphatic rings. The second-order valence-corrected chi connectivity index (χ2v) is 4.28. The first-order valence-electron chi connectivity index (χ1n) is 6.96. The second-order valence-electron chi connectivity index (χ2n) is 4.28. The van der Waals surface area contributed by atoms with Crippen molar-refractivity contribution in [1.29, 1.82) is 0 Å². The third-order valence-corrected chi connectivity index (χ3v) is 2.94. The molecule has 2 aromatic rings. The van der Waals surface area contributed by atoms with E-state index in [1.54, 1.807) is 18.7 Å². The van der Waals surface area contributed by atoms with Gasteiger partial charge in [-0.3, -0.25) is 4.98 Å². The third kappa shape index (κ3) is 3.04. The average Bonchev–Trinajstić information content (AvgIpc) is 2.48. The first-order chi connectivity index (χ1) is 9.80. The van der Waals surface area contributed by atoms with Crippen LogP contribution in [-0.2, 0) is 6.42 Å². The van der Waals surface area contributed by atoms with Gasteiger partial charge in [0.1, 0.15) is 17.9 Å². The van der Waals surface area contributed by atoms with Gasteiger partial charge in [-0.2, -0.15) is 0 Å². The monoisotopic (exact) mass is 272 g/mol.